The van der Waals surface area contributed by atoms with Crippen LogP contribution in [-0.4, -0.2) is 87.9 Å². The van der Waals surface area contributed by atoms with Crippen LogP contribution in [0.1, 0.15) is 36.2 Å². The van der Waals surface area contributed by atoms with Crippen molar-refractivity contribution in [3.8, 4) is 5.95 Å². The molecule has 0 saturated heterocycles. The van der Waals surface area contributed by atoms with E-state index in [1.165, 1.54) is 0 Å². The Bertz CT molecular complexity index is 994. The summed E-state index contributed by atoms with van der Waals surface area (Å²) in [5, 5.41) is 3.15. The minimum Gasteiger partial charge on any atom is -0.378 e. The van der Waals surface area contributed by atoms with Crippen molar-refractivity contribution < 1.29 is 14.3 Å². The maximum Gasteiger partial charge on any atom is 0.272 e. The molecule has 10 nitrogen and oxygen atoms in total. The molecule has 1 aliphatic rings. The molecule has 3 aromatic rings. The van der Waals surface area contributed by atoms with Crippen LogP contribution in [0, 0.1) is 0 Å². The second-order valence-corrected chi connectivity index (χ2v) is 8.31. The normalized spacial score (nSPS) is 19.0. The Morgan fingerprint density at radius 2 is 2.06 bits per heavy atom. The first-order valence-electron chi connectivity index (χ1n) is 11.1. The summed E-state index contributed by atoms with van der Waals surface area (Å²) >= 11 is 0. The lowest BCUT2D eigenvalue weighted by molar-refractivity contribution is -0.0149. The van der Waals surface area contributed by atoms with E-state index in [2.05, 4.69) is 30.2 Å². The predicted octanol–water partition coefficient (Wildman–Crippen LogP) is 1.78. The van der Waals surface area contributed by atoms with E-state index in [4.69, 9.17) is 9.47 Å². The van der Waals surface area contributed by atoms with E-state index in [0.29, 0.717) is 35.9 Å². The Balaban J connectivity index is 1.27. The van der Waals surface area contributed by atoms with Gasteiger partial charge in [-0.15, -0.1) is 0 Å². The number of nitrogens with zero attached hydrogens (tertiary/aromatic N) is 5. The van der Waals surface area contributed by atoms with Gasteiger partial charge in [-0.1, -0.05) is 0 Å². The number of H-pyrrole nitrogens is 1. The third-order valence-electron chi connectivity index (χ3n) is 5.62. The Morgan fingerprint density at radius 1 is 1.22 bits per heavy atom. The number of likely N-dealkylation sites (N-methyl/N-ethyl adjacent to an activating group) is 1. The first kappa shape index (κ1) is 22.4. The number of amides is 1. The second kappa shape index (κ2) is 10.7. The molecule has 0 spiro atoms. The monoisotopic (exact) mass is 441 g/mol. The zero-order chi connectivity index (χ0) is 22.3. The van der Waals surface area contributed by atoms with Gasteiger partial charge in [0.15, 0.2) is 5.69 Å². The molecule has 10 heteroatoms. The molecule has 0 atom stereocenters. The van der Waals surface area contributed by atoms with E-state index in [-0.39, 0.29) is 18.1 Å². The maximum absolute atomic E-state index is 13.1. The number of aromatic nitrogens is 5. The number of hydrogen-bond acceptors (Lipinski definition) is 7. The first-order chi connectivity index (χ1) is 15.6. The quantitative estimate of drug-likeness (QED) is 0.462. The molecule has 172 valence electrons. The van der Waals surface area contributed by atoms with E-state index in [9.17, 15) is 4.79 Å². The lowest BCUT2D eigenvalue weighted by Crippen LogP contribution is -2.39. The van der Waals surface area contributed by atoms with Crippen LogP contribution in [0.4, 0.5) is 0 Å². The van der Waals surface area contributed by atoms with Gasteiger partial charge in [-0.3, -0.25) is 9.36 Å². The second-order valence-electron chi connectivity index (χ2n) is 8.31. The molecule has 0 radical (unpaired) electrons. The molecule has 0 unspecified atom stereocenters. The molecule has 0 aromatic carbocycles. The van der Waals surface area contributed by atoms with Crippen molar-refractivity contribution in [2.24, 2.45) is 0 Å². The van der Waals surface area contributed by atoms with Crippen LogP contribution in [0.2, 0.25) is 0 Å². The highest BCUT2D eigenvalue weighted by Crippen LogP contribution is 2.22. The van der Waals surface area contributed by atoms with Crippen molar-refractivity contribution in [2.75, 3.05) is 40.5 Å². The van der Waals surface area contributed by atoms with Crippen molar-refractivity contribution in [3.63, 3.8) is 0 Å². The van der Waals surface area contributed by atoms with E-state index in [0.717, 1.165) is 38.8 Å². The van der Waals surface area contributed by atoms with Gasteiger partial charge in [0.1, 0.15) is 6.33 Å². The molecule has 1 fully saturated rings. The SMILES string of the molecule is CN(C)CCOCCOC1CCC(NC(=O)c2nc(-n3ccnc3)nc3cc[nH]c23)CC1. The highest BCUT2D eigenvalue weighted by atomic mass is 16.5. The number of ether oxygens (including phenoxy) is 2. The van der Waals surface area contributed by atoms with Crippen molar-refractivity contribution in [1.29, 1.82) is 0 Å². The van der Waals surface area contributed by atoms with Crippen LogP contribution >= 0.6 is 0 Å². The molecule has 0 bridgehead atoms. The van der Waals surface area contributed by atoms with Crippen LogP contribution in [0.15, 0.2) is 31.0 Å². The van der Waals surface area contributed by atoms with Crippen LogP contribution in [0.25, 0.3) is 17.0 Å². The molecule has 32 heavy (non-hydrogen) atoms. The molecule has 1 amide bonds. The van der Waals surface area contributed by atoms with Crippen LogP contribution in [-0.2, 0) is 9.47 Å². The number of imidazole rings is 1. The van der Waals surface area contributed by atoms with Crippen LogP contribution < -0.4 is 5.32 Å². The lowest BCUT2D eigenvalue weighted by atomic mass is 9.93. The third kappa shape index (κ3) is 5.70. The number of rotatable bonds is 10. The Labute approximate surface area is 187 Å². The average molecular weight is 442 g/mol. The van der Waals surface area contributed by atoms with Gasteiger partial charge in [-0.25, -0.2) is 15.0 Å². The van der Waals surface area contributed by atoms with Crippen LogP contribution in [0.3, 0.4) is 0 Å². The largest absolute Gasteiger partial charge is 0.378 e. The summed E-state index contributed by atoms with van der Waals surface area (Å²) in [7, 11) is 4.06. The van der Waals surface area contributed by atoms with Gasteiger partial charge in [-0.2, -0.15) is 0 Å². The molecular weight excluding hydrogens is 410 g/mol. The molecule has 3 heterocycles. The highest BCUT2D eigenvalue weighted by Gasteiger charge is 2.25. The predicted molar refractivity (Wildman–Crippen MR) is 120 cm³/mol. The van der Waals surface area contributed by atoms with Gasteiger partial charge in [-0.05, 0) is 45.8 Å². The number of aromatic amines is 1. The summed E-state index contributed by atoms with van der Waals surface area (Å²) in [6.07, 6.45) is 10.6. The fraction of sp³-hybridized carbons (Fsp3) is 0.545. The van der Waals surface area contributed by atoms with Gasteiger partial charge < -0.3 is 24.7 Å². The van der Waals surface area contributed by atoms with Crippen molar-refractivity contribution >= 4 is 16.9 Å². The minimum atomic E-state index is -0.195. The topological polar surface area (TPSA) is 110 Å². The fourth-order valence-electron chi connectivity index (χ4n) is 3.84. The van der Waals surface area contributed by atoms with Crippen molar-refractivity contribution in [1.82, 2.24) is 34.7 Å². The summed E-state index contributed by atoms with van der Waals surface area (Å²) in [6, 6.07) is 1.94. The van der Waals surface area contributed by atoms with E-state index >= 15 is 0 Å². The van der Waals surface area contributed by atoms with E-state index < -0.39 is 0 Å². The summed E-state index contributed by atoms with van der Waals surface area (Å²) in [5.41, 5.74) is 1.67. The minimum absolute atomic E-state index is 0.107. The molecule has 2 N–H and O–H groups in total. The van der Waals surface area contributed by atoms with Crippen molar-refractivity contribution in [2.45, 2.75) is 37.8 Å². The smallest absolute Gasteiger partial charge is 0.272 e. The van der Waals surface area contributed by atoms with Gasteiger partial charge in [0.2, 0.25) is 5.95 Å². The molecule has 4 rings (SSSR count). The standard InChI is InChI=1S/C22H31N7O3/c1-28(2)11-12-31-13-14-32-17-5-3-16(4-6-17)25-21(30)20-19-18(7-8-24-19)26-22(27-20)29-10-9-23-15-29/h7-10,15-17,24H,3-6,11-14H2,1-2H3,(H,25,30). The van der Waals surface area contributed by atoms with Gasteiger partial charge >= 0.3 is 0 Å². The number of hydrogen-bond donors (Lipinski definition) is 2. The van der Waals surface area contributed by atoms with Gasteiger partial charge in [0, 0.05) is 31.2 Å². The van der Waals surface area contributed by atoms with Gasteiger partial charge in [0.05, 0.1) is 37.0 Å². The molecule has 0 aliphatic heterocycles. The van der Waals surface area contributed by atoms with Gasteiger partial charge in [0.25, 0.3) is 5.91 Å². The number of fused-ring (bicyclic) bond motifs is 1. The fourth-order valence-corrected chi connectivity index (χ4v) is 3.84. The van der Waals surface area contributed by atoms with Crippen molar-refractivity contribution in [3.05, 3.63) is 36.7 Å². The van der Waals surface area contributed by atoms with Crippen LogP contribution in [0.5, 0.6) is 0 Å². The molecule has 3 aromatic heterocycles. The molecule has 1 aliphatic carbocycles. The maximum atomic E-state index is 13.1. The zero-order valence-electron chi connectivity index (χ0n) is 18.7. The summed E-state index contributed by atoms with van der Waals surface area (Å²) < 4.78 is 13.2. The summed E-state index contributed by atoms with van der Waals surface area (Å²) in [5.74, 6) is 0.226. The van der Waals surface area contributed by atoms with E-state index in [1.54, 1.807) is 29.5 Å². The Hall–Kier alpha value is -2.82. The molecular formula is C22H31N7O3. The summed E-state index contributed by atoms with van der Waals surface area (Å²) in [4.78, 5) is 31.3. The lowest BCUT2D eigenvalue weighted by Gasteiger charge is -2.29. The average Bonchev–Trinajstić information content (AvgIpc) is 3.48. The highest BCUT2D eigenvalue weighted by molar-refractivity contribution is 6.03. The van der Waals surface area contributed by atoms with E-state index in [1.807, 2.05) is 20.2 Å². The number of nitrogens with one attached hydrogen (secondary N) is 2. The Kier molecular flexibility index (Phi) is 7.46. The zero-order valence-corrected chi connectivity index (χ0v) is 18.7. The molecule has 1 saturated carbocycles. The first-order valence-corrected chi connectivity index (χ1v) is 11.1. The third-order valence-corrected chi connectivity index (χ3v) is 5.62. The summed E-state index contributed by atoms with van der Waals surface area (Å²) in [6.45, 7) is 2.85. The number of carbonyl (C=O) groups excluding carboxylic acids is 1. The Morgan fingerprint density at radius 3 is 2.81 bits per heavy atom. The number of carbonyl (C=O) groups is 1.